The molecule has 1 aliphatic rings. The number of esters is 1. The zero-order chi connectivity index (χ0) is 19.1. The van der Waals surface area contributed by atoms with Crippen molar-refractivity contribution in [2.45, 2.75) is 26.7 Å². The molecule has 0 bridgehead atoms. The molecule has 0 aromatic heterocycles. The highest BCUT2D eigenvalue weighted by Crippen LogP contribution is 2.26. The number of benzene rings is 1. The first-order valence-electron chi connectivity index (χ1n) is 8.52. The molecule has 2 rings (SSSR count). The monoisotopic (exact) mass is 361 g/mol. The maximum atomic E-state index is 12.1. The summed E-state index contributed by atoms with van der Waals surface area (Å²) >= 11 is 0. The Morgan fingerprint density at radius 3 is 2.58 bits per heavy atom. The minimum absolute atomic E-state index is 0.0331. The lowest BCUT2D eigenvalue weighted by Crippen LogP contribution is -2.42. The molecule has 8 nitrogen and oxygen atoms in total. The van der Waals surface area contributed by atoms with Crippen molar-refractivity contribution in [1.82, 2.24) is 10.6 Å². The summed E-state index contributed by atoms with van der Waals surface area (Å²) in [5.41, 5.74) is 1.80. The lowest BCUT2D eigenvalue weighted by Gasteiger charge is -2.16. The topological polar surface area (TPSA) is 105 Å². The second-order valence-corrected chi connectivity index (χ2v) is 6.15. The van der Waals surface area contributed by atoms with E-state index in [4.69, 9.17) is 4.74 Å². The first-order valence-corrected chi connectivity index (χ1v) is 8.52. The van der Waals surface area contributed by atoms with Gasteiger partial charge in [-0.2, -0.15) is 0 Å². The number of rotatable bonds is 6. The van der Waals surface area contributed by atoms with E-state index in [0.29, 0.717) is 6.54 Å². The number of anilines is 1. The fourth-order valence-corrected chi connectivity index (χ4v) is 2.54. The van der Waals surface area contributed by atoms with Crippen molar-refractivity contribution in [1.29, 1.82) is 0 Å². The number of hydrogen-bond acceptors (Lipinski definition) is 5. The standard InChI is InChI=1S/C18H23N3O5/c1-3-8-19-18(25)20-15(22)11-26-17(24)13-9-16(23)21(10-13)14-6-4-12(2)5-7-14/h4-7,13H,3,8-11H2,1-2H3,(H2,19,20,22,25)/t13-/m0/s1. The fraction of sp³-hybridized carbons (Fsp3) is 0.444. The minimum Gasteiger partial charge on any atom is -0.455 e. The normalized spacial score (nSPS) is 16.3. The number of nitrogens with one attached hydrogen (secondary N) is 2. The van der Waals surface area contributed by atoms with Crippen LogP contribution in [-0.2, 0) is 19.1 Å². The van der Waals surface area contributed by atoms with E-state index in [0.717, 1.165) is 17.7 Å². The average molecular weight is 361 g/mol. The Morgan fingerprint density at radius 2 is 1.92 bits per heavy atom. The lowest BCUT2D eigenvalue weighted by molar-refractivity contribution is -0.152. The molecule has 1 saturated heterocycles. The van der Waals surface area contributed by atoms with Gasteiger partial charge in [0, 0.05) is 25.2 Å². The van der Waals surface area contributed by atoms with Gasteiger partial charge in [-0.3, -0.25) is 19.7 Å². The van der Waals surface area contributed by atoms with Crippen molar-refractivity contribution in [3.63, 3.8) is 0 Å². The van der Waals surface area contributed by atoms with Crippen LogP contribution >= 0.6 is 0 Å². The molecule has 1 aromatic carbocycles. The Hall–Kier alpha value is -2.90. The summed E-state index contributed by atoms with van der Waals surface area (Å²) in [6.07, 6.45) is 0.773. The maximum absolute atomic E-state index is 12.1. The first-order chi connectivity index (χ1) is 12.4. The van der Waals surface area contributed by atoms with Crippen LogP contribution in [-0.4, -0.2) is 43.5 Å². The number of aryl methyl sites for hydroxylation is 1. The van der Waals surface area contributed by atoms with Gasteiger partial charge in [-0.1, -0.05) is 24.6 Å². The summed E-state index contributed by atoms with van der Waals surface area (Å²) in [4.78, 5) is 48.7. The van der Waals surface area contributed by atoms with Crippen LogP contribution in [0, 0.1) is 12.8 Å². The molecule has 2 N–H and O–H groups in total. The number of urea groups is 1. The molecular weight excluding hydrogens is 338 g/mol. The number of amides is 4. The Morgan fingerprint density at radius 1 is 1.23 bits per heavy atom. The van der Waals surface area contributed by atoms with E-state index in [1.807, 2.05) is 38.1 Å². The van der Waals surface area contributed by atoms with E-state index in [2.05, 4.69) is 10.6 Å². The third kappa shape index (κ3) is 5.30. The maximum Gasteiger partial charge on any atom is 0.321 e. The quantitative estimate of drug-likeness (QED) is 0.739. The highest BCUT2D eigenvalue weighted by molar-refractivity contribution is 6.00. The molecule has 1 fully saturated rings. The Labute approximate surface area is 151 Å². The molecule has 140 valence electrons. The van der Waals surface area contributed by atoms with Gasteiger partial charge in [0.25, 0.3) is 5.91 Å². The van der Waals surface area contributed by atoms with Gasteiger partial charge in [0.05, 0.1) is 5.92 Å². The third-order valence-corrected chi connectivity index (χ3v) is 3.94. The molecule has 1 aromatic rings. The van der Waals surface area contributed by atoms with E-state index in [-0.39, 0.29) is 18.9 Å². The Kier molecular flexibility index (Phi) is 6.71. The van der Waals surface area contributed by atoms with Crippen molar-refractivity contribution < 1.29 is 23.9 Å². The molecule has 8 heteroatoms. The number of ether oxygens (including phenoxy) is 1. The van der Waals surface area contributed by atoms with E-state index in [1.54, 1.807) is 0 Å². The van der Waals surface area contributed by atoms with Crippen molar-refractivity contribution >= 4 is 29.5 Å². The van der Waals surface area contributed by atoms with Gasteiger partial charge in [-0.15, -0.1) is 0 Å². The smallest absolute Gasteiger partial charge is 0.321 e. The van der Waals surface area contributed by atoms with Crippen LogP contribution < -0.4 is 15.5 Å². The zero-order valence-electron chi connectivity index (χ0n) is 14.9. The summed E-state index contributed by atoms with van der Waals surface area (Å²) in [6.45, 7) is 3.92. The van der Waals surface area contributed by atoms with Crippen molar-refractivity contribution in [2.75, 3.05) is 24.6 Å². The third-order valence-electron chi connectivity index (χ3n) is 3.94. The summed E-state index contributed by atoms with van der Waals surface area (Å²) in [5.74, 6) is -2.14. The number of nitrogens with zero attached hydrogens (tertiary/aromatic N) is 1. The predicted molar refractivity (Wildman–Crippen MR) is 94.4 cm³/mol. The minimum atomic E-state index is -0.716. The van der Waals surface area contributed by atoms with E-state index in [1.165, 1.54) is 4.90 Å². The number of carbonyl (C=O) groups excluding carboxylic acids is 4. The first kappa shape index (κ1) is 19.4. The van der Waals surface area contributed by atoms with Crippen LogP contribution in [0.15, 0.2) is 24.3 Å². The molecule has 1 heterocycles. The zero-order valence-corrected chi connectivity index (χ0v) is 14.9. The van der Waals surface area contributed by atoms with Gasteiger partial charge in [0.2, 0.25) is 5.91 Å². The molecule has 0 aliphatic carbocycles. The molecule has 0 saturated carbocycles. The van der Waals surface area contributed by atoms with Crippen LogP contribution in [0.3, 0.4) is 0 Å². The second-order valence-electron chi connectivity index (χ2n) is 6.15. The van der Waals surface area contributed by atoms with Crippen molar-refractivity contribution in [3.8, 4) is 0 Å². The molecule has 0 radical (unpaired) electrons. The Balaban J connectivity index is 1.81. The molecule has 0 unspecified atom stereocenters. The van der Waals surface area contributed by atoms with Crippen molar-refractivity contribution in [2.24, 2.45) is 5.92 Å². The van der Waals surface area contributed by atoms with Gasteiger partial charge >= 0.3 is 12.0 Å². The Bertz CT molecular complexity index is 687. The van der Waals surface area contributed by atoms with Gasteiger partial charge in [0.15, 0.2) is 6.61 Å². The molecule has 1 aliphatic heterocycles. The number of imide groups is 1. The predicted octanol–water partition coefficient (Wildman–Crippen LogP) is 1.13. The molecule has 26 heavy (non-hydrogen) atoms. The van der Waals surface area contributed by atoms with Crippen LogP contribution in [0.4, 0.5) is 10.5 Å². The summed E-state index contributed by atoms with van der Waals surface area (Å²) in [6, 6.07) is 6.80. The fourth-order valence-electron chi connectivity index (χ4n) is 2.54. The van der Waals surface area contributed by atoms with Crippen LogP contribution in [0.1, 0.15) is 25.3 Å². The van der Waals surface area contributed by atoms with Crippen molar-refractivity contribution in [3.05, 3.63) is 29.8 Å². The highest BCUT2D eigenvalue weighted by atomic mass is 16.5. The number of carbonyl (C=O) groups is 4. The molecule has 0 spiro atoms. The van der Waals surface area contributed by atoms with E-state index in [9.17, 15) is 19.2 Å². The van der Waals surface area contributed by atoms with Gasteiger partial charge in [-0.25, -0.2) is 4.79 Å². The molecular formula is C18H23N3O5. The summed E-state index contributed by atoms with van der Waals surface area (Å²) in [7, 11) is 0. The van der Waals surface area contributed by atoms with E-state index < -0.39 is 30.4 Å². The molecule has 4 amide bonds. The lowest BCUT2D eigenvalue weighted by atomic mass is 10.1. The van der Waals surface area contributed by atoms with Gasteiger partial charge in [-0.05, 0) is 25.5 Å². The highest BCUT2D eigenvalue weighted by Gasteiger charge is 2.36. The SMILES string of the molecule is CCCNC(=O)NC(=O)COC(=O)[C@H]1CC(=O)N(c2ccc(C)cc2)C1. The summed E-state index contributed by atoms with van der Waals surface area (Å²) < 4.78 is 4.93. The van der Waals surface area contributed by atoms with Crippen LogP contribution in [0.2, 0.25) is 0 Å². The number of hydrogen-bond donors (Lipinski definition) is 2. The van der Waals surface area contributed by atoms with Crippen LogP contribution in [0.25, 0.3) is 0 Å². The average Bonchev–Trinajstić information content (AvgIpc) is 3.00. The largest absolute Gasteiger partial charge is 0.455 e. The van der Waals surface area contributed by atoms with Gasteiger partial charge in [0.1, 0.15) is 0 Å². The van der Waals surface area contributed by atoms with Crippen LogP contribution in [0.5, 0.6) is 0 Å². The summed E-state index contributed by atoms with van der Waals surface area (Å²) in [5, 5.41) is 4.54. The second kappa shape index (κ2) is 8.98. The van der Waals surface area contributed by atoms with Gasteiger partial charge < -0.3 is 15.0 Å². The van der Waals surface area contributed by atoms with E-state index >= 15 is 0 Å². The molecule has 1 atom stereocenters.